The van der Waals surface area contributed by atoms with Gasteiger partial charge in [-0.05, 0) is 74.1 Å². The van der Waals surface area contributed by atoms with Crippen molar-refractivity contribution in [2.75, 3.05) is 12.0 Å². The fraction of sp³-hybridized carbons (Fsp3) is 0.273. The van der Waals surface area contributed by atoms with Crippen LogP contribution in [0.3, 0.4) is 0 Å². The molecule has 1 N–H and O–H groups in total. The van der Waals surface area contributed by atoms with Crippen LogP contribution in [0.4, 0.5) is 5.69 Å². The number of nitrogens with one attached hydrogen (secondary N) is 1. The average Bonchev–Trinajstić information content (AvgIpc) is 3.20. The molecule has 0 aliphatic carbocycles. The number of methoxy groups -OCH3 is 1. The van der Waals surface area contributed by atoms with E-state index >= 15 is 0 Å². The summed E-state index contributed by atoms with van der Waals surface area (Å²) >= 11 is 5.77. The fourth-order valence-electron chi connectivity index (χ4n) is 3.88. The van der Waals surface area contributed by atoms with Crippen molar-refractivity contribution in [3.05, 3.63) is 77.4 Å². The maximum Gasteiger partial charge on any atom is 0.174 e. The molecule has 0 radical (unpaired) electrons. The summed E-state index contributed by atoms with van der Waals surface area (Å²) in [7, 11) is 3.77. The maximum atomic E-state index is 5.77. The Hall–Kier alpha value is -2.86. The summed E-state index contributed by atoms with van der Waals surface area (Å²) < 4.78 is 7.54. The van der Waals surface area contributed by atoms with E-state index in [9.17, 15) is 0 Å². The SMILES string of the molecule is COc1ccc(N2C(=S)N[C@H](c3ccccn3)[C@H]2c2cc(C)n(C)c2C)cc1. The molecule has 144 valence electrons. The summed E-state index contributed by atoms with van der Waals surface area (Å²) in [6.45, 7) is 4.29. The lowest BCUT2D eigenvalue weighted by atomic mass is 9.96. The molecule has 0 spiro atoms. The van der Waals surface area contributed by atoms with Crippen molar-refractivity contribution < 1.29 is 4.74 Å². The van der Waals surface area contributed by atoms with Gasteiger partial charge in [-0.3, -0.25) is 4.98 Å². The van der Waals surface area contributed by atoms with Crippen molar-refractivity contribution in [2.24, 2.45) is 7.05 Å². The summed E-state index contributed by atoms with van der Waals surface area (Å²) in [4.78, 5) is 6.80. The molecule has 1 saturated heterocycles. The number of nitrogens with zero attached hydrogens (tertiary/aromatic N) is 3. The molecular weight excluding hydrogens is 368 g/mol. The number of benzene rings is 1. The highest BCUT2D eigenvalue weighted by Crippen LogP contribution is 2.43. The minimum atomic E-state index is -0.0312. The fourth-order valence-corrected chi connectivity index (χ4v) is 4.22. The smallest absolute Gasteiger partial charge is 0.174 e. The van der Waals surface area contributed by atoms with Gasteiger partial charge in [0.1, 0.15) is 5.75 Å². The first-order valence-electron chi connectivity index (χ1n) is 9.28. The van der Waals surface area contributed by atoms with E-state index in [1.807, 2.05) is 42.6 Å². The summed E-state index contributed by atoms with van der Waals surface area (Å²) in [5.41, 5.74) is 5.71. The highest BCUT2D eigenvalue weighted by Gasteiger charge is 2.42. The van der Waals surface area contributed by atoms with Gasteiger partial charge in [-0.15, -0.1) is 0 Å². The van der Waals surface area contributed by atoms with E-state index in [2.05, 4.69) is 52.8 Å². The lowest BCUT2D eigenvalue weighted by Gasteiger charge is -2.28. The number of aromatic nitrogens is 2. The standard InChI is InChI=1S/C22H24N4OS/c1-14-13-18(15(2)25(14)3)21-20(19-7-5-6-12-23-19)24-22(28)26(21)16-8-10-17(27-4)11-9-16/h5-13,20-21H,1-4H3,(H,24,28)/t20-,21-/m1/s1. The minimum Gasteiger partial charge on any atom is -0.497 e. The normalized spacial score (nSPS) is 19.0. The molecule has 6 heteroatoms. The quantitative estimate of drug-likeness (QED) is 0.673. The van der Waals surface area contributed by atoms with E-state index < -0.39 is 0 Å². The lowest BCUT2D eigenvalue weighted by Crippen LogP contribution is -2.29. The maximum absolute atomic E-state index is 5.77. The van der Waals surface area contributed by atoms with Gasteiger partial charge in [0.2, 0.25) is 0 Å². The zero-order chi connectivity index (χ0) is 19.8. The second-order valence-corrected chi connectivity index (χ2v) is 7.47. The molecule has 3 heterocycles. The molecule has 1 aliphatic rings. The molecule has 1 aromatic carbocycles. The molecule has 2 aromatic heterocycles. The largest absolute Gasteiger partial charge is 0.497 e. The molecule has 0 bridgehead atoms. The van der Waals surface area contributed by atoms with Crippen LogP contribution in [0.25, 0.3) is 0 Å². The van der Waals surface area contributed by atoms with Gasteiger partial charge in [-0.25, -0.2) is 0 Å². The van der Waals surface area contributed by atoms with Crippen LogP contribution >= 0.6 is 12.2 Å². The molecule has 1 fully saturated rings. The number of ether oxygens (including phenoxy) is 1. The second-order valence-electron chi connectivity index (χ2n) is 7.08. The van der Waals surface area contributed by atoms with Crippen molar-refractivity contribution in [1.29, 1.82) is 0 Å². The van der Waals surface area contributed by atoms with Gasteiger partial charge in [0, 0.05) is 30.3 Å². The van der Waals surface area contributed by atoms with Crippen molar-refractivity contribution >= 4 is 23.0 Å². The van der Waals surface area contributed by atoms with Crippen LogP contribution in [0.1, 0.15) is 34.7 Å². The predicted molar refractivity (Wildman–Crippen MR) is 116 cm³/mol. The first-order valence-corrected chi connectivity index (χ1v) is 9.69. The Morgan fingerprint density at radius 3 is 2.43 bits per heavy atom. The Bertz CT molecular complexity index is 997. The van der Waals surface area contributed by atoms with E-state index in [1.54, 1.807) is 7.11 Å². The van der Waals surface area contributed by atoms with E-state index in [4.69, 9.17) is 17.0 Å². The Morgan fingerprint density at radius 1 is 1.11 bits per heavy atom. The van der Waals surface area contributed by atoms with Crippen LogP contribution in [-0.2, 0) is 7.05 Å². The average molecular weight is 393 g/mol. The molecule has 28 heavy (non-hydrogen) atoms. The summed E-state index contributed by atoms with van der Waals surface area (Å²) in [6.07, 6.45) is 1.83. The van der Waals surface area contributed by atoms with E-state index in [0.29, 0.717) is 5.11 Å². The summed E-state index contributed by atoms with van der Waals surface area (Å²) in [5.74, 6) is 0.825. The molecule has 1 aliphatic heterocycles. The first-order chi connectivity index (χ1) is 13.5. The van der Waals surface area contributed by atoms with E-state index in [-0.39, 0.29) is 12.1 Å². The van der Waals surface area contributed by atoms with E-state index in [0.717, 1.165) is 17.1 Å². The third kappa shape index (κ3) is 3.03. The number of rotatable bonds is 4. The van der Waals surface area contributed by atoms with Crippen LogP contribution in [0.2, 0.25) is 0 Å². The molecule has 5 nitrogen and oxygen atoms in total. The zero-order valence-electron chi connectivity index (χ0n) is 16.5. The molecule has 3 aromatic rings. The van der Waals surface area contributed by atoms with Gasteiger partial charge in [0.15, 0.2) is 5.11 Å². The number of anilines is 1. The summed E-state index contributed by atoms with van der Waals surface area (Å²) in [6, 6.07) is 16.3. The molecule has 0 unspecified atom stereocenters. The Balaban J connectivity index is 1.85. The monoisotopic (exact) mass is 392 g/mol. The van der Waals surface area contributed by atoms with Crippen LogP contribution in [0.15, 0.2) is 54.7 Å². The van der Waals surface area contributed by atoms with Crippen LogP contribution in [0.5, 0.6) is 5.75 Å². The van der Waals surface area contributed by atoms with Gasteiger partial charge in [0.25, 0.3) is 0 Å². The molecular formula is C22H24N4OS. The topological polar surface area (TPSA) is 42.3 Å². The van der Waals surface area contributed by atoms with Gasteiger partial charge in [-0.1, -0.05) is 6.07 Å². The van der Waals surface area contributed by atoms with Gasteiger partial charge in [0.05, 0.1) is 24.9 Å². The van der Waals surface area contributed by atoms with Crippen molar-refractivity contribution in [3.8, 4) is 5.75 Å². The molecule has 4 rings (SSSR count). The number of pyridine rings is 1. The molecule has 0 saturated carbocycles. The van der Waals surface area contributed by atoms with Crippen molar-refractivity contribution in [1.82, 2.24) is 14.9 Å². The highest BCUT2D eigenvalue weighted by molar-refractivity contribution is 7.80. The van der Waals surface area contributed by atoms with Crippen molar-refractivity contribution in [2.45, 2.75) is 25.9 Å². The van der Waals surface area contributed by atoms with E-state index in [1.165, 1.54) is 17.0 Å². The lowest BCUT2D eigenvalue weighted by molar-refractivity contribution is 0.415. The number of aryl methyl sites for hydroxylation is 1. The summed E-state index contributed by atoms with van der Waals surface area (Å²) in [5, 5.41) is 4.21. The second kappa shape index (κ2) is 7.28. The number of hydrogen-bond donors (Lipinski definition) is 1. The van der Waals surface area contributed by atoms with Gasteiger partial charge >= 0.3 is 0 Å². The first kappa shape index (κ1) is 18.5. The predicted octanol–water partition coefficient (Wildman–Crippen LogP) is 4.22. The van der Waals surface area contributed by atoms with Crippen LogP contribution in [-0.4, -0.2) is 21.8 Å². The van der Waals surface area contributed by atoms with Gasteiger partial charge < -0.3 is 19.5 Å². The van der Waals surface area contributed by atoms with Crippen LogP contribution < -0.4 is 15.0 Å². The zero-order valence-corrected chi connectivity index (χ0v) is 17.3. The number of thiocarbonyl (C=S) groups is 1. The Kier molecular flexibility index (Phi) is 4.81. The molecule has 0 amide bonds. The Labute approximate surface area is 171 Å². The van der Waals surface area contributed by atoms with Crippen molar-refractivity contribution in [3.63, 3.8) is 0 Å². The highest BCUT2D eigenvalue weighted by atomic mass is 32.1. The third-order valence-electron chi connectivity index (χ3n) is 5.58. The van der Waals surface area contributed by atoms with Crippen LogP contribution in [0, 0.1) is 13.8 Å². The third-order valence-corrected chi connectivity index (χ3v) is 5.90. The number of hydrogen-bond acceptors (Lipinski definition) is 3. The van der Waals surface area contributed by atoms with Gasteiger partial charge in [-0.2, -0.15) is 0 Å². The Morgan fingerprint density at radius 2 is 1.86 bits per heavy atom. The minimum absolute atomic E-state index is 0.00990. The molecule has 2 atom stereocenters.